The van der Waals surface area contributed by atoms with Crippen LogP contribution in [-0.2, 0) is 4.79 Å². The molecule has 5 heteroatoms. The second-order valence-electron chi connectivity index (χ2n) is 2.77. The van der Waals surface area contributed by atoms with Crippen LogP contribution in [0.5, 0.6) is 0 Å². The van der Waals surface area contributed by atoms with Gasteiger partial charge in [-0.1, -0.05) is 15.9 Å². The van der Waals surface area contributed by atoms with Gasteiger partial charge in [0.05, 0.1) is 6.04 Å². The molecule has 0 aromatic heterocycles. The summed E-state index contributed by atoms with van der Waals surface area (Å²) in [5.41, 5.74) is 10.5. The van der Waals surface area contributed by atoms with Crippen molar-refractivity contribution in [2.75, 3.05) is 5.75 Å². The Morgan fingerprint density at radius 2 is 2.00 bits per heavy atom. The van der Waals surface area contributed by atoms with Crippen molar-refractivity contribution in [3.05, 3.63) is 28.7 Å². The summed E-state index contributed by atoms with van der Waals surface area (Å²) in [7, 11) is 0. The van der Waals surface area contributed by atoms with E-state index in [9.17, 15) is 4.79 Å². The van der Waals surface area contributed by atoms with Crippen molar-refractivity contribution in [2.45, 2.75) is 10.9 Å². The van der Waals surface area contributed by atoms with Crippen LogP contribution in [0.4, 0.5) is 0 Å². The lowest BCUT2D eigenvalue weighted by Crippen LogP contribution is -2.38. The molecule has 0 saturated carbocycles. The third kappa shape index (κ3) is 3.69. The number of carbonyl (C=O) groups excluding carboxylic acids is 1. The highest BCUT2D eigenvalue weighted by molar-refractivity contribution is 9.10. The molecule has 1 aromatic carbocycles. The zero-order valence-corrected chi connectivity index (χ0v) is 9.85. The van der Waals surface area contributed by atoms with Gasteiger partial charge >= 0.3 is 0 Å². The van der Waals surface area contributed by atoms with E-state index in [0.717, 1.165) is 9.37 Å². The molecular weight excluding hydrogens is 264 g/mol. The number of nitrogens with two attached hydrogens (primary N) is 2. The van der Waals surface area contributed by atoms with Gasteiger partial charge in [-0.05, 0) is 24.3 Å². The average Bonchev–Trinajstić information content (AvgIpc) is 2.16. The molecule has 4 N–H and O–H groups in total. The number of carbonyl (C=O) groups is 1. The maximum absolute atomic E-state index is 10.7. The standard InChI is InChI=1S/C9H11BrN2OS/c10-6-1-3-7(4-2-6)14-5-8(11)9(12)13/h1-4,8H,5,11H2,(H2,12,13). The molecule has 0 bridgehead atoms. The van der Waals surface area contributed by atoms with Crippen LogP contribution in [0.15, 0.2) is 33.6 Å². The van der Waals surface area contributed by atoms with Crippen LogP contribution >= 0.6 is 27.7 Å². The number of rotatable bonds is 4. The van der Waals surface area contributed by atoms with Crippen LogP contribution in [0.3, 0.4) is 0 Å². The number of hydrogen-bond acceptors (Lipinski definition) is 3. The van der Waals surface area contributed by atoms with Gasteiger partial charge in [-0.25, -0.2) is 0 Å². The Bertz CT molecular complexity index is 315. The normalized spacial score (nSPS) is 12.4. The average molecular weight is 275 g/mol. The van der Waals surface area contributed by atoms with E-state index in [1.807, 2.05) is 24.3 Å². The fourth-order valence-corrected chi connectivity index (χ4v) is 1.93. The van der Waals surface area contributed by atoms with Crippen molar-refractivity contribution >= 4 is 33.6 Å². The van der Waals surface area contributed by atoms with E-state index < -0.39 is 11.9 Å². The quantitative estimate of drug-likeness (QED) is 0.815. The summed E-state index contributed by atoms with van der Waals surface area (Å²) in [5, 5.41) is 0. The molecule has 1 aromatic rings. The number of amides is 1. The molecule has 1 rings (SSSR count). The number of benzene rings is 1. The summed E-state index contributed by atoms with van der Waals surface area (Å²) in [5.74, 6) is 0.0476. The Morgan fingerprint density at radius 3 is 2.50 bits per heavy atom. The van der Waals surface area contributed by atoms with Gasteiger partial charge in [-0.15, -0.1) is 11.8 Å². The Kier molecular flexibility index (Phi) is 4.44. The first-order valence-corrected chi connectivity index (χ1v) is 5.80. The highest BCUT2D eigenvalue weighted by Gasteiger charge is 2.08. The molecule has 76 valence electrons. The van der Waals surface area contributed by atoms with Crippen LogP contribution in [0.1, 0.15) is 0 Å². The minimum atomic E-state index is -0.580. The SMILES string of the molecule is NC(=O)C(N)CSc1ccc(Br)cc1. The third-order valence-corrected chi connectivity index (χ3v) is 3.27. The van der Waals surface area contributed by atoms with Crippen molar-refractivity contribution in [1.29, 1.82) is 0 Å². The number of halogens is 1. The molecule has 0 radical (unpaired) electrons. The minimum absolute atomic E-state index is 0.463. The maximum Gasteiger partial charge on any atom is 0.235 e. The van der Waals surface area contributed by atoms with Gasteiger partial charge in [-0.2, -0.15) is 0 Å². The summed E-state index contributed by atoms with van der Waals surface area (Å²) >= 11 is 4.86. The van der Waals surface area contributed by atoms with Gasteiger partial charge < -0.3 is 11.5 Å². The van der Waals surface area contributed by atoms with Crippen molar-refractivity contribution in [3.8, 4) is 0 Å². The van der Waals surface area contributed by atoms with E-state index in [1.54, 1.807) is 0 Å². The van der Waals surface area contributed by atoms with E-state index in [2.05, 4.69) is 15.9 Å². The highest BCUT2D eigenvalue weighted by atomic mass is 79.9. The van der Waals surface area contributed by atoms with E-state index in [4.69, 9.17) is 11.5 Å². The monoisotopic (exact) mass is 274 g/mol. The van der Waals surface area contributed by atoms with Gasteiger partial charge in [-0.3, -0.25) is 4.79 Å². The van der Waals surface area contributed by atoms with E-state index in [1.165, 1.54) is 11.8 Å². The molecule has 0 aliphatic carbocycles. The molecule has 1 atom stereocenters. The zero-order valence-electron chi connectivity index (χ0n) is 7.44. The molecule has 0 saturated heterocycles. The van der Waals surface area contributed by atoms with Crippen LogP contribution in [0.25, 0.3) is 0 Å². The summed E-state index contributed by atoms with van der Waals surface area (Å²) in [6.45, 7) is 0. The second kappa shape index (κ2) is 5.38. The van der Waals surface area contributed by atoms with Gasteiger partial charge in [0.15, 0.2) is 0 Å². The summed E-state index contributed by atoms with van der Waals surface area (Å²) < 4.78 is 1.03. The fourth-order valence-electron chi connectivity index (χ4n) is 0.799. The molecule has 3 nitrogen and oxygen atoms in total. The summed E-state index contributed by atoms with van der Waals surface area (Å²) in [4.78, 5) is 11.7. The molecule has 0 spiro atoms. The molecule has 1 amide bonds. The largest absolute Gasteiger partial charge is 0.368 e. The Balaban J connectivity index is 2.46. The first-order valence-electron chi connectivity index (χ1n) is 4.03. The summed E-state index contributed by atoms with van der Waals surface area (Å²) in [6.07, 6.45) is 0. The predicted octanol–water partition coefficient (Wildman–Crippen LogP) is 1.35. The first-order chi connectivity index (χ1) is 6.59. The maximum atomic E-state index is 10.7. The fraction of sp³-hybridized carbons (Fsp3) is 0.222. The zero-order chi connectivity index (χ0) is 10.6. The van der Waals surface area contributed by atoms with Crippen molar-refractivity contribution < 1.29 is 4.79 Å². The lowest BCUT2D eigenvalue weighted by molar-refractivity contribution is -0.118. The molecule has 1 unspecified atom stereocenters. The number of thioether (sulfide) groups is 1. The Morgan fingerprint density at radius 1 is 1.43 bits per heavy atom. The van der Waals surface area contributed by atoms with Crippen molar-refractivity contribution in [3.63, 3.8) is 0 Å². The van der Waals surface area contributed by atoms with Gasteiger partial charge in [0.1, 0.15) is 0 Å². The van der Waals surface area contributed by atoms with Crippen molar-refractivity contribution in [1.82, 2.24) is 0 Å². The Labute approximate surface area is 95.4 Å². The second-order valence-corrected chi connectivity index (χ2v) is 4.78. The summed E-state index contributed by atoms with van der Waals surface area (Å²) in [6, 6.07) is 7.23. The van der Waals surface area contributed by atoms with E-state index in [0.29, 0.717) is 5.75 Å². The van der Waals surface area contributed by atoms with Crippen LogP contribution in [0, 0.1) is 0 Å². The predicted molar refractivity (Wildman–Crippen MR) is 62.0 cm³/mol. The van der Waals surface area contributed by atoms with Gasteiger partial charge in [0.2, 0.25) is 5.91 Å². The molecule has 0 heterocycles. The van der Waals surface area contributed by atoms with E-state index in [-0.39, 0.29) is 0 Å². The number of primary amides is 1. The lowest BCUT2D eigenvalue weighted by Gasteiger charge is -2.06. The Hall–Kier alpha value is -0.520. The first kappa shape index (κ1) is 11.6. The van der Waals surface area contributed by atoms with E-state index >= 15 is 0 Å². The molecule has 0 aliphatic rings. The molecular formula is C9H11BrN2OS. The molecule has 0 fully saturated rings. The highest BCUT2D eigenvalue weighted by Crippen LogP contribution is 2.20. The number of hydrogen-bond donors (Lipinski definition) is 2. The van der Waals surface area contributed by atoms with Crippen LogP contribution < -0.4 is 11.5 Å². The molecule has 0 aliphatic heterocycles. The van der Waals surface area contributed by atoms with Crippen LogP contribution in [0.2, 0.25) is 0 Å². The topological polar surface area (TPSA) is 69.1 Å². The lowest BCUT2D eigenvalue weighted by atomic mass is 10.3. The minimum Gasteiger partial charge on any atom is -0.368 e. The smallest absolute Gasteiger partial charge is 0.235 e. The molecule has 14 heavy (non-hydrogen) atoms. The van der Waals surface area contributed by atoms with Crippen molar-refractivity contribution in [2.24, 2.45) is 11.5 Å². The van der Waals surface area contributed by atoms with Gasteiger partial charge in [0, 0.05) is 15.1 Å². The van der Waals surface area contributed by atoms with Crippen LogP contribution in [-0.4, -0.2) is 17.7 Å². The van der Waals surface area contributed by atoms with Gasteiger partial charge in [0.25, 0.3) is 0 Å². The third-order valence-electron chi connectivity index (χ3n) is 1.61.